The highest BCUT2D eigenvalue weighted by Gasteiger charge is 2.13. The summed E-state index contributed by atoms with van der Waals surface area (Å²) in [6, 6.07) is 0. The largest absolute Gasteiger partial charge is 0.467 e. The van der Waals surface area contributed by atoms with Gasteiger partial charge in [-0.25, -0.2) is 4.79 Å². The van der Waals surface area contributed by atoms with E-state index in [9.17, 15) is 9.90 Å². The number of methoxy groups -OCH3 is 1. The second kappa shape index (κ2) is 22.5. The van der Waals surface area contributed by atoms with E-state index in [0.717, 1.165) is 12.8 Å². The van der Waals surface area contributed by atoms with Crippen molar-refractivity contribution in [3.05, 3.63) is 12.2 Å². The Morgan fingerprint density at radius 1 is 0.714 bits per heavy atom. The molecular formula is C25H48O3. The van der Waals surface area contributed by atoms with E-state index < -0.39 is 12.1 Å². The van der Waals surface area contributed by atoms with Gasteiger partial charge in [0.15, 0.2) is 6.10 Å². The highest BCUT2D eigenvalue weighted by Crippen LogP contribution is 2.13. The molecule has 0 aliphatic carbocycles. The quantitative estimate of drug-likeness (QED) is 0.124. The first kappa shape index (κ1) is 27.2. The molecule has 0 aromatic carbocycles. The number of esters is 1. The molecule has 0 bridgehead atoms. The number of unbranched alkanes of at least 4 members (excludes halogenated alkanes) is 16. The summed E-state index contributed by atoms with van der Waals surface area (Å²) in [6.07, 6.45) is 27.8. The summed E-state index contributed by atoms with van der Waals surface area (Å²) in [7, 11) is 1.32. The molecule has 0 rings (SSSR count). The molecule has 0 saturated heterocycles. The summed E-state index contributed by atoms with van der Waals surface area (Å²) in [5.41, 5.74) is 0. The molecule has 28 heavy (non-hydrogen) atoms. The van der Waals surface area contributed by atoms with Gasteiger partial charge in [0.1, 0.15) is 0 Å². The predicted molar refractivity (Wildman–Crippen MR) is 121 cm³/mol. The molecule has 0 aromatic rings. The van der Waals surface area contributed by atoms with Crippen LogP contribution in [0.4, 0.5) is 0 Å². The maximum atomic E-state index is 11.1. The molecule has 0 aliphatic heterocycles. The molecule has 0 spiro atoms. The van der Waals surface area contributed by atoms with Gasteiger partial charge in [0, 0.05) is 0 Å². The van der Waals surface area contributed by atoms with Crippen molar-refractivity contribution in [1.82, 2.24) is 0 Å². The topological polar surface area (TPSA) is 46.5 Å². The Kier molecular flexibility index (Phi) is 21.8. The molecule has 0 fully saturated rings. The number of aliphatic hydroxyl groups is 1. The zero-order valence-corrected chi connectivity index (χ0v) is 18.9. The molecule has 0 radical (unpaired) electrons. The third-order valence-electron chi connectivity index (χ3n) is 5.46. The van der Waals surface area contributed by atoms with E-state index in [0.29, 0.717) is 6.42 Å². The van der Waals surface area contributed by atoms with Crippen LogP contribution in [0.2, 0.25) is 0 Å². The van der Waals surface area contributed by atoms with Crippen molar-refractivity contribution in [2.24, 2.45) is 0 Å². The number of aliphatic hydroxyl groups excluding tert-OH is 1. The van der Waals surface area contributed by atoms with E-state index in [1.165, 1.54) is 110 Å². The Bertz CT molecular complexity index is 352. The van der Waals surface area contributed by atoms with Crippen LogP contribution in [-0.2, 0) is 9.53 Å². The Balaban J connectivity index is 3.15. The van der Waals surface area contributed by atoms with Gasteiger partial charge in [0.2, 0.25) is 0 Å². The van der Waals surface area contributed by atoms with Gasteiger partial charge in [-0.2, -0.15) is 0 Å². The second-order valence-corrected chi connectivity index (χ2v) is 8.18. The SMILES string of the molecule is CCCCCCCCC=CCCCCCCCCCCCCC(O)C(=O)OC. The second-order valence-electron chi connectivity index (χ2n) is 8.18. The lowest BCUT2D eigenvalue weighted by atomic mass is 10.0. The molecule has 0 saturated carbocycles. The molecule has 0 heterocycles. The summed E-state index contributed by atoms with van der Waals surface area (Å²) in [5, 5.41) is 9.49. The fourth-order valence-electron chi connectivity index (χ4n) is 3.55. The van der Waals surface area contributed by atoms with Crippen LogP contribution in [-0.4, -0.2) is 24.3 Å². The van der Waals surface area contributed by atoms with Crippen molar-refractivity contribution in [2.75, 3.05) is 7.11 Å². The van der Waals surface area contributed by atoms with Gasteiger partial charge in [-0.1, -0.05) is 109 Å². The van der Waals surface area contributed by atoms with Gasteiger partial charge in [-0.05, 0) is 32.1 Å². The van der Waals surface area contributed by atoms with E-state index in [2.05, 4.69) is 23.8 Å². The Labute approximate surface area is 175 Å². The van der Waals surface area contributed by atoms with Crippen LogP contribution in [0.5, 0.6) is 0 Å². The Morgan fingerprint density at radius 3 is 1.54 bits per heavy atom. The van der Waals surface area contributed by atoms with Crippen molar-refractivity contribution in [2.45, 2.75) is 135 Å². The van der Waals surface area contributed by atoms with Crippen LogP contribution in [0.3, 0.4) is 0 Å². The first-order valence-corrected chi connectivity index (χ1v) is 12.1. The average molecular weight is 397 g/mol. The van der Waals surface area contributed by atoms with Crippen LogP contribution in [0.25, 0.3) is 0 Å². The lowest BCUT2D eigenvalue weighted by Crippen LogP contribution is -2.21. The van der Waals surface area contributed by atoms with Gasteiger partial charge in [0.25, 0.3) is 0 Å². The normalized spacial score (nSPS) is 12.5. The number of carbonyl (C=O) groups excluding carboxylic acids is 1. The molecule has 0 aromatic heterocycles. The first-order chi connectivity index (χ1) is 13.7. The smallest absolute Gasteiger partial charge is 0.334 e. The summed E-state index contributed by atoms with van der Waals surface area (Å²) in [4.78, 5) is 11.1. The number of rotatable bonds is 21. The summed E-state index contributed by atoms with van der Waals surface area (Å²) in [6.45, 7) is 2.27. The van der Waals surface area contributed by atoms with Crippen molar-refractivity contribution < 1.29 is 14.6 Å². The molecule has 166 valence electrons. The summed E-state index contributed by atoms with van der Waals surface area (Å²) in [5.74, 6) is -0.506. The maximum Gasteiger partial charge on any atom is 0.334 e. The van der Waals surface area contributed by atoms with Gasteiger partial charge in [-0.15, -0.1) is 0 Å². The monoisotopic (exact) mass is 396 g/mol. The van der Waals surface area contributed by atoms with Crippen LogP contribution < -0.4 is 0 Å². The molecular weight excluding hydrogens is 348 g/mol. The van der Waals surface area contributed by atoms with E-state index in [1.807, 2.05) is 0 Å². The molecule has 3 nitrogen and oxygen atoms in total. The molecule has 1 N–H and O–H groups in total. The van der Waals surface area contributed by atoms with Crippen molar-refractivity contribution >= 4 is 5.97 Å². The minimum Gasteiger partial charge on any atom is -0.467 e. The molecule has 1 unspecified atom stereocenters. The lowest BCUT2D eigenvalue weighted by Gasteiger charge is -2.07. The zero-order valence-electron chi connectivity index (χ0n) is 18.9. The number of carbonyl (C=O) groups is 1. The van der Waals surface area contributed by atoms with Gasteiger partial charge in [-0.3, -0.25) is 0 Å². The number of hydrogen-bond acceptors (Lipinski definition) is 3. The highest BCUT2D eigenvalue weighted by molar-refractivity contribution is 5.74. The van der Waals surface area contributed by atoms with Gasteiger partial charge < -0.3 is 9.84 Å². The van der Waals surface area contributed by atoms with Crippen molar-refractivity contribution in [1.29, 1.82) is 0 Å². The van der Waals surface area contributed by atoms with Crippen LogP contribution in [0, 0.1) is 0 Å². The van der Waals surface area contributed by atoms with E-state index >= 15 is 0 Å². The summed E-state index contributed by atoms with van der Waals surface area (Å²) < 4.78 is 4.51. The fourth-order valence-corrected chi connectivity index (χ4v) is 3.55. The number of hydrogen-bond donors (Lipinski definition) is 1. The molecule has 0 amide bonds. The minimum absolute atomic E-state index is 0.506. The van der Waals surface area contributed by atoms with Crippen LogP contribution >= 0.6 is 0 Å². The van der Waals surface area contributed by atoms with E-state index in [1.54, 1.807) is 0 Å². The molecule has 0 aliphatic rings. The van der Waals surface area contributed by atoms with Crippen molar-refractivity contribution in [3.8, 4) is 0 Å². The number of allylic oxidation sites excluding steroid dienone is 2. The van der Waals surface area contributed by atoms with Crippen LogP contribution in [0.1, 0.15) is 129 Å². The molecule has 1 atom stereocenters. The summed E-state index contributed by atoms with van der Waals surface area (Å²) >= 11 is 0. The third-order valence-corrected chi connectivity index (χ3v) is 5.46. The number of ether oxygens (including phenoxy) is 1. The first-order valence-electron chi connectivity index (χ1n) is 12.1. The Hall–Kier alpha value is -0.830. The van der Waals surface area contributed by atoms with Gasteiger partial charge in [0.05, 0.1) is 7.11 Å². The fraction of sp³-hybridized carbons (Fsp3) is 0.880. The average Bonchev–Trinajstić information content (AvgIpc) is 2.71. The minimum atomic E-state index is -0.935. The standard InChI is InChI=1S/C25H48O3/c1-3-4-5-6-7-8-9-10-11-12-13-14-15-16-17-18-19-20-21-22-23-24(26)25(27)28-2/h10-11,24,26H,3-9,12-23H2,1-2H3. The lowest BCUT2D eigenvalue weighted by molar-refractivity contribution is -0.150. The predicted octanol–water partition coefficient (Wildman–Crippen LogP) is 7.51. The van der Waals surface area contributed by atoms with Crippen molar-refractivity contribution in [3.63, 3.8) is 0 Å². The van der Waals surface area contributed by atoms with E-state index in [-0.39, 0.29) is 0 Å². The Morgan fingerprint density at radius 2 is 1.11 bits per heavy atom. The highest BCUT2D eigenvalue weighted by atomic mass is 16.5. The maximum absolute atomic E-state index is 11.1. The van der Waals surface area contributed by atoms with E-state index in [4.69, 9.17) is 0 Å². The van der Waals surface area contributed by atoms with Gasteiger partial charge >= 0.3 is 5.97 Å². The molecule has 3 heteroatoms. The third kappa shape index (κ3) is 19.9. The zero-order chi connectivity index (χ0) is 20.7. The van der Waals surface area contributed by atoms with Crippen LogP contribution in [0.15, 0.2) is 12.2 Å².